The number of nitrogens with one attached hydrogen (secondary N) is 1. The number of anilines is 1. The molecule has 2 rings (SSSR count). The molecule has 84 valence electrons. The van der Waals surface area contributed by atoms with Crippen LogP contribution in [-0.4, -0.2) is 11.5 Å². The molecule has 0 aliphatic rings. The van der Waals surface area contributed by atoms with Crippen molar-refractivity contribution in [2.24, 2.45) is 0 Å². The highest BCUT2D eigenvalue weighted by Crippen LogP contribution is 2.22. The lowest BCUT2D eigenvalue weighted by Gasteiger charge is -2.05. The number of rotatable bonds is 4. The average Bonchev–Trinajstić information content (AvgIpc) is 2.67. The molecular formula is C11H10Cl2N2S. The van der Waals surface area contributed by atoms with E-state index in [1.165, 1.54) is 4.88 Å². The highest BCUT2D eigenvalue weighted by atomic mass is 35.5. The van der Waals surface area contributed by atoms with E-state index in [-0.39, 0.29) is 0 Å². The topological polar surface area (TPSA) is 24.9 Å². The van der Waals surface area contributed by atoms with Crippen LogP contribution in [0.1, 0.15) is 4.88 Å². The highest BCUT2D eigenvalue weighted by Gasteiger charge is 2.01. The minimum atomic E-state index is 0.645. The maximum absolute atomic E-state index is 5.97. The van der Waals surface area contributed by atoms with Crippen molar-refractivity contribution in [3.63, 3.8) is 0 Å². The number of hydrogen-bond donors (Lipinski definition) is 1. The summed E-state index contributed by atoms with van der Waals surface area (Å²) in [4.78, 5) is 5.40. The summed E-state index contributed by atoms with van der Waals surface area (Å²) in [5.74, 6) is 0.729. The lowest BCUT2D eigenvalue weighted by atomic mass is 10.3. The molecule has 0 aliphatic carbocycles. The number of nitrogens with zero attached hydrogens (tertiary/aromatic N) is 1. The van der Waals surface area contributed by atoms with Crippen molar-refractivity contribution in [3.05, 3.63) is 44.7 Å². The third kappa shape index (κ3) is 3.11. The molecule has 0 amide bonds. The first-order chi connectivity index (χ1) is 7.75. The second-order valence-corrected chi connectivity index (χ2v) is 5.42. The largest absolute Gasteiger partial charge is 0.368 e. The molecule has 1 N–H and O–H groups in total. The van der Waals surface area contributed by atoms with Crippen LogP contribution in [-0.2, 0) is 6.42 Å². The number of thiophene rings is 1. The standard InChI is InChI=1S/C11H10Cl2N2S/c12-9-2-1-6-14-11(9)15-7-5-8-3-4-10(13)16-8/h1-4,6H,5,7H2,(H,14,15). The van der Waals surface area contributed by atoms with Gasteiger partial charge in [-0.3, -0.25) is 0 Å². The molecule has 0 atom stereocenters. The maximum Gasteiger partial charge on any atom is 0.144 e. The summed E-state index contributed by atoms with van der Waals surface area (Å²) >= 11 is 13.4. The Morgan fingerprint density at radius 2 is 2.12 bits per heavy atom. The Morgan fingerprint density at radius 1 is 1.25 bits per heavy atom. The molecule has 0 saturated carbocycles. The molecule has 0 aromatic carbocycles. The van der Waals surface area contributed by atoms with Crippen molar-refractivity contribution in [2.45, 2.75) is 6.42 Å². The molecule has 0 spiro atoms. The zero-order valence-corrected chi connectivity index (χ0v) is 10.7. The summed E-state index contributed by atoms with van der Waals surface area (Å²) in [6.45, 7) is 0.799. The minimum Gasteiger partial charge on any atom is -0.368 e. The molecule has 2 aromatic rings. The van der Waals surface area contributed by atoms with Crippen LogP contribution in [0.2, 0.25) is 9.36 Å². The number of hydrogen-bond acceptors (Lipinski definition) is 3. The Hall–Kier alpha value is -0.770. The number of pyridine rings is 1. The van der Waals surface area contributed by atoms with E-state index in [1.54, 1.807) is 17.5 Å². The summed E-state index contributed by atoms with van der Waals surface area (Å²) in [7, 11) is 0. The van der Waals surface area contributed by atoms with Crippen LogP contribution >= 0.6 is 34.5 Å². The van der Waals surface area contributed by atoms with E-state index in [0.29, 0.717) is 5.02 Å². The van der Waals surface area contributed by atoms with Gasteiger partial charge in [0.2, 0.25) is 0 Å². The van der Waals surface area contributed by atoms with Gasteiger partial charge in [-0.05, 0) is 30.7 Å². The maximum atomic E-state index is 5.97. The Kier molecular flexibility index (Phi) is 4.04. The highest BCUT2D eigenvalue weighted by molar-refractivity contribution is 7.16. The SMILES string of the molecule is Clc1ccc(CCNc2ncccc2Cl)s1. The smallest absolute Gasteiger partial charge is 0.144 e. The van der Waals surface area contributed by atoms with Gasteiger partial charge in [0.05, 0.1) is 9.36 Å². The fourth-order valence-corrected chi connectivity index (χ4v) is 2.58. The molecule has 2 aromatic heterocycles. The zero-order chi connectivity index (χ0) is 11.4. The summed E-state index contributed by atoms with van der Waals surface area (Å²) in [5, 5.41) is 3.84. The van der Waals surface area contributed by atoms with Gasteiger partial charge in [-0.1, -0.05) is 23.2 Å². The fraction of sp³-hybridized carbons (Fsp3) is 0.182. The molecule has 0 bridgehead atoms. The third-order valence-corrected chi connectivity index (χ3v) is 3.65. The molecule has 2 nitrogen and oxygen atoms in total. The van der Waals surface area contributed by atoms with Crippen LogP contribution in [0.5, 0.6) is 0 Å². The van der Waals surface area contributed by atoms with Crippen LogP contribution in [0, 0.1) is 0 Å². The first kappa shape index (κ1) is 11.7. The predicted octanol–water partition coefficient (Wildman–Crippen LogP) is 4.10. The Balaban J connectivity index is 1.87. The molecule has 2 heterocycles. The Labute approximate surface area is 108 Å². The minimum absolute atomic E-state index is 0.645. The molecule has 16 heavy (non-hydrogen) atoms. The van der Waals surface area contributed by atoms with E-state index < -0.39 is 0 Å². The lowest BCUT2D eigenvalue weighted by Crippen LogP contribution is -2.05. The van der Waals surface area contributed by atoms with Gasteiger partial charge in [-0.15, -0.1) is 11.3 Å². The second-order valence-electron chi connectivity index (χ2n) is 3.22. The van der Waals surface area contributed by atoms with Crippen molar-refractivity contribution in [2.75, 3.05) is 11.9 Å². The van der Waals surface area contributed by atoms with Crippen molar-refractivity contribution in [1.29, 1.82) is 0 Å². The van der Waals surface area contributed by atoms with Crippen LogP contribution in [0.25, 0.3) is 0 Å². The monoisotopic (exact) mass is 272 g/mol. The first-order valence-electron chi connectivity index (χ1n) is 4.84. The van der Waals surface area contributed by atoms with Crippen molar-refractivity contribution < 1.29 is 0 Å². The van der Waals surface area contributed by atoms with Gasteiger partial charge in [-0.25, -0.2) is 4.98 Å². The van der Waals surface area contributed by atoms with E-state index in [2.05, 4.69) is 10.3 Å². The van der Waals surface area contributed by atoms with Gasteiger partial charge in [0, 0.05) is 17.6 Å². The van der Waals surface area contributed by atoms with E-state index >= 15 is 0 Å². The number of halogens is 2. The van der Waals surface area contributed by atoms with Crippen molar-refractivity contribution >= 4 is 40.4 Å². The van der Waals surface area contributed by atoms with E-state index in [1.807, 2.05) is 24.3 Å². The van der Waals surface area contributed by atoms with Crippen LogP contribution < -0.4 is 5.32 Å². The van der Waals surface area contributed by atoms with Gasteiger partial charge in [0.1, 0.15) is 5.82 Å². The molecule has 0 unspecified atom stereocenters. The average molecular weight is 273 g/mol. The number of aromatic nitrogens is 1. The van der Waals surface area contributed by atoms with E-state index in [9.17, 15) is 0 Å². The Morgan fingerprint density at radius 3 is 2.81 bits per heavy atom. The normalized spacial score (nSPS) is 10.4. The Bertz CT molecular complexity index is 471. The molecule has 0 radical (unpaired) electrons. The third-order valence-electron chi connectivity index (χ3n) is 2.05. The molecule has 0 aliphatic heterocycles. The van der Waals surface area contributed by atoms with Gasteiger partial charge in [0.15, 0.2) is 0 Å². The summed E-state index contributed by atoms with van der Waals surface area (Å²) in [6, 6.07) is 7.58. The summed E-state index contributed by atoms with van der Waals surface area (Å²) in [5.41, 5.74) is 0. The predicted molar refractivity (Wildman–Crippen MR) is 70.8 cm³/mol. The summed E-state index contributed by atoms with van der Waals surface area (Å²) < 4.78 is 0.825. The zero-order valence-electron chi connectivity index (χ0n) is 8.41. The second kappa shape index (κ2) is 5.53. The van der Waals surface area contributed by atoms with Gasteiger partial charge in [0.25, 0.3) is 0 Å². The van der Waals surface area contributed by atoms with Crippen molar-refractivity contribution in [1.82, 2.24) is 4.98 Å². The molecular weight excluding hydrogens is 263 g/mol. The quantitative estimate of drug-likeness (QED) is 0.907. The van der Waals surface area contributed by atoms with Gasteiger partial charge in [-0.2, -0.15) is 0 Å². The lowest BCUT2D eigenvalue weighted by molar-refractivity contribution is 1.03. The van der Waals surface area contributed by atoms with E-state index in [0.717, 1.165) is 23.1 Å². The van der Waals surface area contributed by atoms with Gasteiger partial charge >= 0.3 is 0 Å². The van der Waals surface area contributed by atoms with E-state index in [4.69, 9.17) is 23.2 Å². The fourth-order valence-electron chi connectivity index (χ4n) is 1.31. The molecule has 5 heteroatoms. The molecule has 0 fully saturated rings. The molecule has 0 saturated heterocycles. The van der Waals surface area contributed by atoms with Crippen LogP contribution in [0.15, 0.2) is 30.5 Å². The summed E-state index contributed by atoms with van der Waals surface area (Å²) in [6.07, 6.45) is 2.64. The van der Waals surface area contributed by atoms with Gasteiger partial charge < -0.3 is 5.32 Å². The first-order valence-corrected chi connectivity index (χ1v) is 6.41. The van der Waals surface area contributed by atoms with Crippen LogP contribution in [0.3, 0.4) is 0 Å². The van der Waals surface area contributed by atoms with Crippen molar-refractivity contribution in [3.8, 4) is 0 Å². The van der Waals surface area contributed by atoms with Crippen LogP contribution in [0.4, 0.5) is 5.82 Å².